The number of nitrogens with two attached hydrogens (primary N) is 1. The van der Waals surface area contributed by atoms with Crippen LogP contribution >= 0.6 is 0 Å². The first-order valence-electron chi connectivity index (χ1n) is 2.72. The summed E-state index contributed by atoms with van der Waals surface area (Å²) in [6.45, 7) is 1.36. The van der Waals surface area contributed by atoms with Gasteiger partial charge >= 0.3 is 0 Å². The maximum absolute atomic E-state index is 10.1. The van der Waals surface area contributed by atoms with Gasteiger partial charge in [-0.25, -0.2) is 0 Å². The molecule has 0 saturated heterocycles. The predicted octanol–water partition coefficient (Wildman–Crippen LogP) is -1.42. The van der Waals surface area contributed by atoms with Crippen LogP contribution in [0.25, 0.3) is 0 Å². The Kier molecular flexibility index (Phi) is 3.23. The molecule has 10 heavy (non-hydrogen) atoms. The molecule has 0 fully saturated rings. The SMILES string of the molecule is C[C@H](O)[C@H](N)CS(=O)(=O)O. The highest BCUT2D eigenvalue weighted by Gasteiger charge is 2.16. The molecule has 0 saturated carbocycles. The van der Waals surface area contributed by atoms with Crippen molar-refractivity contribution in [1.29, 1.82) is 0 Å². The fraction of sp³-hybridized carbons (Fsp3) is 1.00. The molecule has 0 rings (SSSR count). The maximum atomic E-state index is 10.1. The van der Waals surface area contributed by atoms with Crippen molar-refractivity contribution in [1.82, 2.24) is 0 Å². The lowest BCUT2D eigenvalue weighted by Crippen LogP contribution is -2.38. The van der Waals surface area contributed by atoms with Crippen LogP contribution in [-0.4, -0.2) is 36.0 Å². The van der Waals surface area contributed by atoms with Gasteiger partial charge in [-0.05, 0) is 6.92 Å². The number of aliphatic hydroxyl groups excluding tert-OH is 1. The zero-order chi connectivity index (χ0) is 8.36. The number of hydrogen-bond acceptors (Lipinski definition) is 4. The number of hydrogen-bond donors (Lipinski definition) is 3. The molecule has 0 aliphatic heterocycles. The van der Waals surface area contributed by atoms with E-state index in [1.807, 2.05) is 0 Å². The summed E-state index contributed by atoms with van der Waals surface area (Å²) in [7, 11) is -4.05. The van der Waals surface area contributed by atoms with Crippen molar-refractivity contribution >= 4 is 10.1 Å². The third-order valence-electron chi connectivity index (χ3n) is 1.02. The van der Waals surface area contributed by atoms with E-state index >= 15 is 0 Å². The summed E-state index contributed by atoms with van der Waals surface area (Å²) in [6, 6.07) is -0.921. The normalized spacial score (nSPS) is 18.4. The van der Waals surface area contributed by atoms with Crippen LogP contribution in [0.5, 0.6) is 0 Å². The van der Waals surface area contributed by atoms with Crippen LogP contribution in [0.1, 0.15) is 6.92 Å². The van der Waals surface area contributed by atoms with E-state index in [2.05, 4.69) is 0 Å². The van der Waals surface area contributed by atoms with Crippen molar-refractivity contribution in [2.75, 3.05) is 5.75 Å². The summed E-state index contributed by atoms with van der Waals surface area (Å²) >= 11 is 0. The minimum absolute atomic E-state index is 0.606. The van der Waals surface area contributed by atoms with Crippen LogP contribution in [0.15, 0.2) is 0 Å². The second-order valence-corrected chi connectivity index (χ2v) is 3.65. The van der Waals surface area contributed by atoms with E-state index in [4.69, 9.17) is 15.4 Å². The van der Waals surface area contributed by atoms with Gasteiger partial charge in [-0.2, -0.15) is 8.42 Å². The van der Waals surface area contributed by atoms with Crippen LogP contribution in [0.4, 0.5) is 0 Å². The molecule has 0 aliphatic rings. The Morgan fingerprint density at radius 3 is 2.10 bits per heavy atom. The van der Waals surface area contributed by atoms with E-state index in [9.17, 15) is 8.42 Å². The Morgan fingerprint density at radius 1 is 1.60 bits per heavy atom. The highest BCUT2D eigenvalue weighted by molar-refractivity contribution is 7.85. The maximum Gasteiger partial charge on any atom is 0.266 e. The third kappa shape index (κ3) is 4.68. The van der Waals surface area contributed by atoms with Crippen molar-refractivity contribution < 1.29 is 18.1 Å². The monoisotopic (exact) mass is 169 g/mol. The molecule has 0 amide bonds. The first-order valence-corrected chi connectivity index (χ1v) is 4.32. The van der Waals surface area contributed by atoms with Gasteiger partial charge in [-0.15, -0.1) is 0 Å². The Morgan fingerprint density at radius 2 is 2.00 bits per heavy atom. The van der Waals surface area contributed by atoms with Crippen molar-refractivity contribution in [3.8, 4) is 0 Å². The second kappa shape index (κ2) is 3.29. The fourth-order valence-electron chi connectivity index (χ4n) is 0.382. The van der Waals surface area contributed by atoms with Gasteiger partial charge in [-0.3, -0.25) is 4.55 Å². The summed E-state index contributed by atoms with van der Waals surface area (Å²) in [5.41, 5.74) is 5.11. The molecule has 0 aliphatic carbocycles. The van der Waals surface area contributed by atoms with Gasteiger partial charge in [-0.1, -0.05) is 0 Å². The van der Waals surface area contributed by atoms with Gasteiger partial charge in [0.1, 0.15) is 0 Å². The van der Waals surface area contributed by atoms with Crippen LogP contribution in [-0.2, 0) is 10.1 Å². The molecule has 0 heterocycles. The minimum Gasteiger partial charge on any atom is -0.392 e. The summed E-state index contributed by atoms with van der Waals surface area (Å²) in [4.78, 5) is 0. The van der Waals surface area contributed by atoms with E-state index in [0.717, 1.165) is 0 Å². The highest BCUT2D eigenvalue weighted by Crippen LogP contribution is 1.92. The zero-order valence-corrected chi connectivity index (χ0v) is 6.37. The van der Waals surface area contributed by atoms with Crippen LogP contribution in [0.3, 0.4) is 0 Å². The van der Waals surface area contributed by atoms with Crippen molar-refractivity contribution in [2.24, 2.45) is 5.73 Å². The average Bonchev–Trinajstić information content (AvgIpc) is 1.60. The van der Waals surface area contributed by atoms with Gasteiger partial charge in [0.2, 0.25) is 0 Å². The third-order valence-corrected chi connectivity index (χ3v) is 1.83. The molecule has 0 aromatic rings. The summed E-state index contributed by atoms with van der Waals surface area (Å²) in [6.07, 6.45) is -0.929. The highest BCUT2D eigenvalue weighted by atomic mass is 32.2. The van der Waals surface area contributed by atoms with Gasteiger partial charge in [0.05, 0.1) is 11.9 Å². The van der Waals surface area contributed by atoms with Crippen molar-refractivity contribution in [2.45, 2.75) is 19.1 Å². The molecule has 62 valence electrons. The zero-order valence-electron chi connectivity index (χ0n) is 5.56. The second-order valence-electron chi connectivity index (χ2n) is 2.15. The number of aliphatic hydroxyl groups is 1. The lowest BCUT2D eigenvalue weighted by molar-refractivity contribution is 0.170. The van der Waals surface area contributed by atoms with Gasteiger partial charge < -0.3 is 10.8 Å². The van der Waals surface area contributed by atoms with E-state index in [1.165, 1.54) is 6.92 Å². The Hall–Kier alpha value is -0.170. The van der Waals surface area contributed by atoms with Crippen molar-refractivity contribution in [3.05, 3.63) is 0 Å². The summed E-state index contributed by atoms with van der Waals surface area (Å²) in [5, 5.41) is 8.68. The largest absolute Gasteiger partial charge is 0.392 e. The lowest BCUT2D eigenvalue weighted by Gasteiger charge is -2.11. The first kappa shape index (κ1) is 9.83. The standard InChI is InChI=1S/C4H11NO4S/c1-3(6)4(5)2-10(7,8)9/h3-4,6H,2,5H2,1H3,(H,7,8,9)/t3-,4+/m0/s1. The fourth-order valence-corrected chi connectivity index (χ4v) is 1.15. The predicted molar refractivity (Wildman–Crippen MR) is 36.1 cm³/mol. The van der Waals surface area contributed by atoms with Gasteiger partial charge in [0, 0.05) is 6.04 Å². The molecule has 2 atom stereocenters. The van der Waals surface area contributed by atoms with Gasteiger partial charge in [0.25, 0.3) is 10.1 Å². The molecule has 5 nitrogen and oxygen atoms in total. The quantitative estimate of drug-likeness (QED) is 0.450. The summed E-state index contributed by atoms with van der Waals surface area (Å²) in [5.74, 6) is -0.606. The Balaban J connectivity index is 3.93. The Labute approximate surface area is 59.6 Å². The van der Waals surface area contributed by atoms with Gasteiger partial charge in [0.15, 0.2) is 0 Å². The minimum atomic E-state index is -4.05. The average molecular weight is 169 g/mol. The molecule has 0 radical (unpaired) electrons. The van der Waals surface area contributed by atoms with E-state index in [-0.39, 0.29) is 0 Å². The summed E-state index contributed by atoms with van der Waals surface area (Å²) < 4.78 is 28.4. The van der Waals surface area contributed by atoms with Crippen LogP contribution in [0, 0.1) is 0 Å². The topological polar surface area (TPSA) is 101 Å². The molecule has 0 aromatic carbocycles. The molecule has 0 unspecified atom stereocenters. The Bertz CT molecular complexity index is 185. The van der Waals surface area contributed by atoms with Crippen molar-refractivity contribution in [3.63, 3.8) is 0 Å². The number of rotatable bonds is 3. The molecular formula is C4H11NO4S. The van der Waals surface area contributed by atoms with E-state index < -0.39 is 28.0 Å². The van der Waals surface area contributed by atoms with Crippen LogP contribution < -0.4 is 5.73 Å². The molecule has 0 bridgehead atoms. The molecule has 6 heteroatoms. The van der Waals surface area contributed by atoms with E-state index in [0.29, 0.717) is 0 Å². The smallest absolute Gasteiger partial charge is 0.266 e. The lowest BCUT2D eigenvalue weighted by atomic mass is 10.2. The molecular weight excluding hydrogens is 158 g/mol. The first-order chi connectivity index (χ1) is 4.33. The molecule has 0 spiro atoms. The van der Waals surface area contributed by atoms with Crippen LogP contribution in [0.2, 0.25) is 0 Å². The molecule has 4 N–H and O–H groups in total. The van der Waals surface area contributed by atoms with E-state index in [1.54, 1.807) is 0 Å². The molecule has 0 aromatic heterocycles.